The van der Waals surface area contributed by atoms with E-state index in [0.29, 0.717) is 42.7 Å². The summed E-state index contributed by atoms with van der Waals surface area (Å²) in [5.41, 5.74) is 1.06. The second kappa shape index (κ2) is 11.9. The van der Waals surface area contributed by atoms with Crippen LogP contribution >= 0.6 is 22.7 Å². The molecule has 3 heterocycles. The largest absolute Gasteiger partial charge is 0.330 e. The zero-order valence-corrected chi connectivity index (χ0v) is 24.1. The highest BCUT2D eigenvalue weighted by Gasteiger charge is 2.20. The van der Waals surface area contributed by atoms with Gasteiger partial charge in [0.05, 0.1) is 38.9 Å². The second-order valence-corrected chi connectivity index (χ2v) is 11.4. The molecule has 6 rings (SSSR count). The number of imidazole rings is 1. The van der Waals surface area contributed by atoms with Crippen LogP contribution in [0, 0.1) is 30.3 Å². The van der Waals surface area contributed by atoms with E-state index in [2.05, 4.69) is 31.0 Å². The van der Waals surface area contributed by atoms with Crippen molar-refractivity contribution in [2.24, 2.45) is 0 Å². The average Bonchev–Trinajstić information content (AvgIpc) is 3.73. The maximum Gasteiger partial charge on any atom is 0.329 e. The number of nitro groups is 3. The van der Waals surface area contributed by atoms with E-state index in [1.807, 2.05) is 0 Å². The lowest BCUT2D eigenvalue weighted by Crippen LogP contribution is -2.25. The number of rotatable bonds is 11. The molecule has 0 saturated carbocycles. The van der Waals surface area contributed by atoms with Crippen LogP contribution in [0.15, 0.2) is 71.5 Å². The Morgan fingerprint density at radius 3 is 1.47 bits per heavy atom. The third-order valence-corrected chi connectivity index (χ3v) is 8.04. The molecular formula is C25H17N11O7S2. The lowest BCUT2D eigenvalue weighted by molar-refractivity contribution is -0.385. The van der Waals surface area contributed by atoms with E-state index in [1.54, 1.807) is 0 Å². The van der Waals surface area contributed by atoms with Crippen LogP contribution < -0.4 is 16.3 Å². The van der Waals surface area contributed by atoms with E-state index in [-0.39, 0.29) is 30.2 Å². The summed E-state index contributed by atoms with van der Waals surface area (Å²) in [7, 11) is 0. The first kappa shape index (κ1) is 28.9. The smallest absolute Gasteiger partial charge is 0.329 e. The molecule has 20 heteroatoms. The minimum atomic E-state index is -0.552. The molecule has 0 unspecified atom stereocenters. The van der Waals surface area contributed by atoms with Gasteiger partial charge in [-0.3, -0.25) is 39.5 Å². The van der Waals surface area contributed by atoms with Crippen molar-refractivity contribution in [1.82, 2.24) is 29.5 Å². The zero-order chi connectivity index (χ0) is 31.7. The minimum absolute atomic E-state index is 0.0167. The van der Waals surface area contributed by atoms with Gasteiger partial charge in [0.25, 0.3) is 17.1 Å². The van der Waals surface area contributed by atoms with E-state index in [0.717, 1.165) is 11.3 Å². The quantitative estimate of drug-likeness (QED) is 0.142. The molecule has 0 amide bonds. The molecule has 0 spiro atoms. The number of benzene rings is 3. The van der Waals surface area contributed by atoms with Crippen LogP contribution in [0.5, 0.6) is 0 Å². The van der Waals surface area contributed by atoms with Crippen LogP contribution in [-0.2, 0) is 13.1 Å². The Morgan fingerprint density at radius 1 is 0.600 bits per heavy atom. The van der Waals surface area contributed by atoms with Gasteiger partial charge in [-0.15, -0.1) is 20.4 Å². The summed E-state index contributed by atoms with van der Waals surface area (Å²) in [5.74, 6) is 0. The standard InChI is InChI=1S/C25H17N11O7S2/c37-25-32(12-21-28-30-23(44-21)26-14-1-5-16(6-2-14)34(38)39)19-10-9-18(36(42)43)11-20(19)33(25)13-22-29-31-24(45-22)27-15-3-7-17(8-4-15)35(40)41/h1-11H,12-13H2,(H,26,30)(H,27,31). The van der Waals surface area contributed by atoms with Crippen molar-refractivity contribution in [1.29, 1.82) is 0 Å². The lowest BCUT2D eigenvalue weighted by atomic mass is 10.2. The van der Waals surface area contributed by atoms with Gasteiger partial charge in [-0.05, 0) is 30.3 Å². The zero-order valence-electron chi connectivity index (χ0n) is 22.5. The molecule has 0 fully saturated rings. The molecule has 6 aromatic rings. The van der Waals surface area contributed by atoms with Gasteiger partial charge in [0.1, 0.15) is 10.0 Å². The summed E-state index contributed by atoms with van der Waals surface area (Å²) in [6.45, 7) is -0.0189. The summed E-state index contributed by atoms with van der Waals surface area (Å²) in [6.07, 6.45) is 0. The van der Waals surface area contributed by atoms with Crippen LogP contribution in [0.4, 0.5) is 38.7 Å². The van der Waals surface area contributed by atoms with Gasteiger partial charge >= 0.3 is 5.69 Å². The summed E-state index contributed by atoms with van der Waals surface area (Å²) in [5, 5.41) is 57.5. The Morgan fingerprint density at radius 2 is 1.02 bits per heavy atom. The molecule has 3 aromatic carbocycles. The highest BCUT2D eigenvalue weighted by atomic mass is 32.1. The van der Waals surface area contributed by atoms with E-state index in [4.69, 9.17) is 0 Å². The van der Waals surface area contributed by atoms with Crippen LogP contribution in [0.3, 0.4) is 0 Å². The number of aromatic nitrogens is 6. The fourth-order valence-electron chi connectivity index (χ4n) is 4.31. The number of nitro benzene ring substituents is 3. The second-order valence-electron chi connectivity index (χ2n) is 9.24. The van der Waals surface area contributed by atoms with Crippen LogP contribution in [0.1, 0.15) is 10.0 Å². The summed E-state index contributed by atoms with van der Waals surface area (Å²) in [4.78, 5) is 45.4. The fourth-order valence-corrected chi connectivity index (χ4v) is 5.81. The molecule has 0 bridgehead atoms. The number of anilines is 4. The SMILES string of the molecule is O=c1n(Cc2nnc(Nc3ccc([N+](=O)[O-])cc3)s2)c2ccc([N+](=O)[O-])cc2n1Cc1nnc(Nc2ccc([N+](=O)[O-])cc2)s1. The van der Waals surface area contributed by atoms with Crippen molar-refractivity contribution < 1.29 is 14.8 Å². The first-order chi connectivity index (χ1) is 21.6. The first-order valence-electron chi connectivity index (χ1n) is 12.7. The predicted octanol–water partition coefficient (Wildman–Crippen LogP) is 4.81. The van der Waals surface area contributed by atoms with Gasteiger partial charge in [-0.1, -0.05) is 22.7 Å². The van der Waals surface area contributed by atoms with Crippen molar-refractivity contribution in [2.45, 2.75) is 13.1 Å². The Bertz CT molecular complexity index is 2140. The monoisotopic (exact) mass is 647 g/mol. The molecule has 0 aliphatic rings. The molecule has 18 nitrogen and oxygen atoms in total. The molecule has 226 valence electrons. The highest BCUT2D eigenvalue weighted by Crippen LogP contribution is 2.27. The molecular weight excluding hydrogens is 630 g/mol. The maximum atomic E-state index is 13.7. The molecule has 0 saturated heterocycles. The Balaban J connectivity index is 1.25. The normalized spacial score (nSPS) is 11.0. The van der Waals surface area contributed by atoms with Crippen molar-refractivity contribution in [2.75, 3.05) is 10.6 Å². The summed E-state index contributed by atoms with van der Waals surface area (Å²) >= 11 is 2.31. The third-order valence-electron chi connectivity index (χ3n) is 6.39. The van der Waals surface area contributed by atoms with E-state index < -0.39 is 20.5 Å². The number of nitrogens with one attached hydrogen (secondary N) is 2. The molecule has 3 aromatic heterocycles. The first-order valence-corrected chi connectivity index (χ1v) is 14.3. The molecule has 0 aliphatic carbocycles. The average molecular weight is 648 g/mol. The van der Waals surface area contributed by atoms with E-state index >= 15 is 0 Å². The van der Waals surface area contributed by atoms with Gasteiger partial charge in [0, 0.05) is 47.8 Å². The van der Waals surface area contributed by atoms with Crippen LogP contribution in [0.2, 0.25) is 0 Å². The van der Waals surface area contributed by atoms with Crippen LogP contribution in [0.25, 0.3) is 11.0 Å². The fraction of sp³-hybridized carbons (Fsp3) is 0.0800. The predicted molar refractivity (Wildman–Crippen MR) is 164 cm³/mol. The van der Waals surface area contributed by atoms with Crippen molar-refractivity contribution >= 4 is 72.4 Å². The Hall–Kier alpha value is -6.15. The molecule has 0 aliphatic heterocycles. The molecule has 0 atom stereocenters. The molecule has 0 radical (unpaired) electrons. The number of hydrogen-bond donors (Lipinski definition) is 2. The van der Waals surface area contributed by atoms with Crippen LogP contribution in [-0.4, -0.2) is 44.3 Å². The van der Waals surface area contributed by atoms with Crippen molar-refractivity contribution in [3.63, 3.8) is 0 Å². The van der Waals surface area contributed by atoms with Gasteiger partial charge in [0.15, 0.2) is 0 Å². The van der Waals surface area contributed by atoms with Gasteiger partial charge in [0.2, 0.25) is 10.3 Å². The number of hydrogen-bond acceptors (Lipinski definition) is 15. The minimum Gasteiger partial charge on any atom is -0.330 e. The maximum absolute atomic E-state index is 13.7. The lowest BCUT2D eigenvalue weighted by Gasteiger charge is -2.01. The summed E-state index contributed by atoms with van der Waals surface area (Å²) < 4.78 is 2.78. The highest BCUT2D eigenvalue weighted by molar-refractivity contribution is 7.15. The van der Waals surface area contributed by atoms with Gasteiger partial charge < -0.3 is 10.6 Å². The Kier molecular flexibility index (Phi) is 7.62. The van der Waals surface area contributed by atoms with Gasteiger partial charge in [-0.2, -0.15) is 0 Å². The Labute approximate surface area is 257 Å². The summed E-state index contributed by atoms with van der Waals surface area (Å²) in [6, 6.07) is 15.6. The third kappa shape index (κ3) is 6.16. The molecule has 2 N–H and O–H groups in total. The van der Waals surface area contributed by atoms with Crippen molar-refractivity contribution in [3.8, 4) is 0 Å². The number of fused-ring (bicyclic) bond motifs is 1. The van der Waals surface area contributed by atoms with Crippen molar-refractivity contribution in [3.05, 3.63) is 118 Å². The number of nitrogens with zero attached hydrogens (tertiary/aromatic N) is 9. The van der Waals surface area contributed by atoms with Gasteiger partial charge in [-0.25, -0.2) is 4.79 Å². The topological polar surface area (TPSA) is 232 Å². The van der Waals surface area contributed by atoms with E-state index in [1.165, 1.54) is 87.2 Å². The number of non-ortho nitro benzene ring substituents is 3. The van der Waals surface area contributed by atoms with E-state index in [9.17, 15) is 35.1 Å². The molecule has 45 heavy (non-hydrogen) atoms.